The molecule has 0 radical (unpaired) electrons. The number of hydrogen-bond donors (Lipinski definition) is 0. The Morgan fingerprint density at radius 1 is 1.00 bits per heavy atom. The van der Waals surface area contributed by atoms with Crippen LogP contribution in [0.15, 0.2) is 54.6 Å². The van der Waals surface area contributed by atoms with E-state index < -0.39 is 11.0 Å². The fourth-order valence-corrected chi connectivity index (χ4v) is 4.65. The molecule has 38 heavy (non-hydrogen) atoms. The predicted molar refractivity (Wildman–Crippen MR) is 146 cm³/mol. The molecule has 0 N–H and O–H groups in total. The van der Waals surface area contributed by atoms with E-state index in [2.05, 4.69) is 37.3 Å². The highest BCUT2D eigenvalue weighted by Crippen LogP contribution is 2.38. The van der Waals surface area contributed by atoms with Gasteiger partial charge in [0.25, 0.3) is 0 Å². The summed E-state index contributed by atoms with van der Waals surface area (Å²) in [7, 11) is 1.64. The molecule has 1 aliphatic rings. The summed E-state index contributed by atoms with van der Waals surface area (Å²) in [4.78, 5) is 26.3. The van der Waals surface area contributed by atoms with Crippen LogP contribution < -0.4 is 4.74 Å². The summed E-state index contributed by atoms with van der Waals surface area (Å²) >= 11 is 0. The van der Waals surface area contributed by atoms with Crippen molar-refractivity contribution in [3.05, 3.63) is 65.9 Å². The molecule has 8 nitrogen and oxygen atoms in total. The maximum atomic E-state index is 12.7. The number of nitrogens with zero attached hydrogens (tertiary/aromatic N) is 3. The molecule has 1 amide bonds. The summed E-state index contributed by atoms with van der Waals surface area (Å²) in [6.45, 7) is 10.2. The topological polar surface area (TPSA) is 82.9 Å². The summed E-state index contributed by atoms with van der Waals surface area (Å²) in [6, 6.07) is 18.2. The van der Waals surface area contributed by atoms with Crippen LogP contribution in [0.5, 0.6) is 5.75 Å². The number of hydrogen-bond acceptors (Lipinski definition) is 6. The number of ether oxygens (including phenoxy) is 3. The van der Waals surface area contributed by atoms with Gasteiger partial charge in [0.2, 0.25) is 0 Å². The minimum atomic E-state index is -0.566. The van der Waals surface area contributed by atoms with Crippen molar-refractivity contribution in [1.29, 1.82) is 0 Å². The zero-order chi connectivity index (χ0) is 27.5. The average Bonchev–Trinajstić information content (AvgIpc) is 3.33. The van der Waals surface area contributed by atoms with E-state index in [1.54, 1.807) is 12.0 Å². The van der Waals surface area contributed by atoms with Gasteiger partial charge in [-0.1, -0.05) is 29.8 Å². The molecular formula is C30H37N3O5. The van der Waals surface area contributed by atoms with Gasteiger partial charge in [-0.25, -0.2) is 9.48 Å². The van der Waals surface area contributed by atoms with Crippen molar-refractivity contribution in [2.24, 2.45) is 0 Å². The fraction of sp³-hybridized carbons (Fsp3) is 0.433. The Labute approximate surface area is 224 Å². The number of amides is 1. The van der Waals surface area contributed by atoms with Gasteiger partial charge in [0.15, 0.2) is 0 Å². The first-order valence-corrected chi connectivity index (χ1v) is 12.9. The monoisotopic (exact) mass is 519 g/mol. The Hall–Kier alpha value is -3.81. The molecule has 1 aliphatic heterocycles. The zero-order valence-corrected chi connectivity index (χ0v) is 23.1. The second-order valence-electron chi connectivity index (χ2n) is 10.9. The molecule has 2 heterocycles. The number of carbonyl (C=O) groups is 2. The lowest BCUT2D eigenvalue weighted by Crippen LogP contribution is -2.49. The standard InChI is InChI=1S/C30H37N3O5/c1-21-7-9-23(10-8-21)26-19-27(31-33(26)24-11-13-25(36-6)14-12-24)30(20-37-22(2)34)15-17-32(18-16-30)28(35)38-29(3,4)5/h7-14,19H,15-18,20H2,1-6H3. The SMILES string of the molecule is COc1ccc(-n2nc(C3(COC(C)=O)CCN(C(=O)OC(C)(C)C)CC3)cc2-c2ccc(C)cc2)cc1. The number of aryl methyl sites for hydroxylation is 1. The molecule has 1 aromatic heterocycles. The van der Waals surface area contributed by atoms with E-state index in [4.69, 9.17) is 19.3 Å². The number of aromatic nitrogens is 2. The van der Waals surface area contributed by atoms with Crippen molar-refractivity contribution in [3.8, 4) is 22.7 Å². The van der Waals surface area contributed by atoms with Crippen LogP contribution in [0.1, 0.15) is 51.8 Å². The van der Waals surface area contributed by atoms with Gasteiger partial charge in [-0.2, -0.15) is 5.10 Å². The van der Waals surface area contributed by atoms with Gasteiger partial charge in [0, 0.05) is 25.6 Å². The Balaban J connectivity index is 1.73. The number of carbonyl (C=O) groups excluding carboxylic acids is 2. The van der Waals surface area contributed by atoms with Crippen molar-refractivity contribution in [2.75, 3.05) is 26.8 Å². The van der Waals surface area contributed by atoms with Crippen LogP contribution in [0.3, 0.4) is 0 Å². The maximum absolute atomic E-state index is 12.7. The van der Waals surface area contributed by atoms with Gasteiger partial charge in [0.05, 0.1) is 29.6 Å². The summed E-state index contributed by atoms with van der Waals surface area (Å²) in [6.07, 6.45) is 0.849. The molecule has 2 aromatic carbocycles. The number of likely N-dealkylation sites (tertiary alicyclic amines) is 1. The number of rotatable bonds is 6. The Morgan fingerprint density at radius 3 is 2.18 bits per heavy atom. The Kier molecular flexibility index (Phi) is 7.81. The molecule has 1 saturated heterocycles. The number of methoxy groups -OCH3 is 1. The molecule has 4 rings (SSSR count). The number of piperidine rings is 1. The Morgan fingerprint density at radius 2 is 1.63 bits per heavy atom. The third kappa shape index (κ3) is 6.18. The van der Waals surface area contributed by atoms with Gasteiger partial charge in [-0.15, -0.1) is 0 Å². The first-order chi connectivity index (χ1) is 18.0. The van der Waals surface area contributed by atoms with E-state index in [0.717, 1.165) is 28.4 Å². The number of benzene rings is 2. The quantitative estimate of drug-likeness (QED) is 0.389. The molecule has 3 aromatic rings. The van der Waals surface area contributed by atoms with Crippen molar-refractivity contribution in [3.63, 3.8) is 0 Å². The van der Waals surface area contributed by atoms with Crippen molar-refractivity contribution in [1.82, 2.24) is 14.7 Å². The molecule has 0 spiro atoms. The number of esters is 1. The van der Waals surface area contributed by atoms with Crippen LogP contribution >= 0.6 is 0 Å². The molecule has 0 bridgehead atoms. The van der Waals surface area contributed by atoms with Crippen LogP contribution in [0, 0.1) is 6.92 Å². The summed E-state index contributed by atoms with van der Waals surface area (Å²) in [5.74, 6) is 0.422. The van der Waals surface area contributed by atoms with Crippen LogP contribution in [-0.4, -0.2) is 59.2 Å². The van der Waals surface area contributed by atoms with Crippen LogP contribution in [-0.2, 0) is 19.7 Å². The second-order valence-corrected chi connectivity index (χ2v) is 10.9. The fourth-order valence-electron chi connectivity index (χ4n) is 4.65. The van der Waals surface area contributed by atoms with E-state index in [0.29, 0.717) is 25.9 Å². The first-order valence-electron chi connectivity index (χ1n) is 12.9. The smallest absolute Gasteiger partial charge is 0.410 e. The zero-order valence-electron chi connectivity index (χ0n) is 23.1. The lowest BCUT2D eigenvalue weighted by Gasteiger charge is -2.40. The third-order valence-corrected chi connectivity index (χ3v) is 6.84. The van der Waals surface area contributed by atoms with Gasteiger partial charge in [0.1, 0.15) is 18.0 Å². The van der Waals surface area contributed by atoms with E-state index in [1.807, 2.05) is 49.7 Å². The van der Waals surface area contributed by atoms with E-state index >= 15 is 0 Å². The van der Waals surface area contributed by atoms with E-state index in [-0.39, 0.29) is 18.7 Å². The molecule has 0 aliphatic carbocycles. The highest BCUT2D eigenvalue weighted by Gasteiger charge is 2.42. The van der Waals surface area contributed by atoms with Gasteiger partial charge in [-0.05, 0) is 70.9 Å². The largest absolute Gasteiger partial charge is 0.497 e. The molecule has 8 heteroatoms. The minimum absolute atomic E-state index is 0.192. The van der Waals surface area contributed by atoms with Crippen molar-refractivity contribution >= 4 is 12.1 Å². The van der Waals surface area contributed by atoms with Crippen molar-refractivity contribution < 1.29 is 23.8 Å². The van der Waals surface area contributed by atoms with E-state index in [1.165, 1.54) is 12.5 Å². The average molecular weight is 520 g/mol. The molecule has 0 saturated carbocycles. The highest BCUT2D eigenvalue weighted by atomic mass is 16.6. The first kappa shape index (κ1) is 27.2. The third-order valence-electron chi connectivity index (χ3n) is 6.84. The van der Waals surface area contributed by atoms with Crippen LogP contribution in [0.2, 0.25) is 0 Å². The van der Waals surface area contributed by atoms with Gasteiger partial charge < -0.3 is 19.1 Å². The normalized spacial score (nSPS) is 15.2. The molecule has 0 atom stereocenters. The van der Waals surface area contributed by atoms with E-state index in [9.17, 15) is 9.59 Å². The molecule has 202 valence electrons. The van der Waals surface area contributed by atoms with Gasteiger partial charge in [-0.3, -0.25) is 4.79 Å². The van der Waals surface area contributed by atoms with Gasteiger partial charge >= 0.3 is 12.1 Å². The molecule has 0 unspecified atom stereocenters. The molecule has 1 fully saturated rings. The second kappa shape index (κ2) is 10.9. The lowest BCUT2D eigenvalue weighted by molar-refractivity contribution is -0.143. The predicted octanol–water partition coefficient (Wildman–Crippen LogP) is 5.69. The summed E-state index contributed by atoms with van der Waals surface area (Å²) < 4.78 is 18.4. The minimum Gasteiger partial charge on any atom is -0.497 e. The maximum Gasteiger partial charge on any atom is 0.410 e. The van der Waals surface area contributed by atoms with Crippen LogP contribution in [0.25, 0.3) is 16.9 Å². The van der Waals surface area contributed by atoms with Crippen LogP contribution in [0.4, 0.5) is 4.79 Å². The summed E-state index contributed by atoms with van der Waals surface area (Å²) in [5, 5.41) is 5.09. The molecular weight excluding hydrogens is 482 g/mol. The Bertz CT molecular complexity index is 1260. The lowest BCUT2D eigenvalue weighted by atomic mass is 9.76. The highest BCUT2D eigenvalue weighted by molar-refractivity contribution is 5.69. The van der Waals surface area contributed by atoms with Crippen molar-refractivity contribution in [2.45, 2.75) is 58.5 Å². The summed E-state index contributed by atoms with van der Waals surface area (Å²) in [5.41, 5.74) is 3.74.